The number of carbonyl (C=O) groups is 2. The number of carbonyl (C=O) groups excluding carboxylic acids is 2. The fraction of sp³-hybridized carbons (Fsp3) is 0.429. The van der Waals surface area contributed by atoms with E-state index in [1.54, 1.807) is 11.0 Å². The molecule has 1 aromatic carbocycles. The van der Waals surface area contributed by atoms with Gasteiger partial charge in [0.1, 0.15) is 5.75 Å². The summed E-state index contributed by atoms with van der Waals surface area (Å²) in [7, 11) is 1.35. The zero-order chi connectivity index (χ0) is 18.7. The standard InChI is InChI=1S/C21H25NO4/c1-4-26-17-11-9-15(10-12-17)13-18-19(21(24)25-3)14(2)22(20(18)23)16-7-5-6-8-16/h9-13,16H,4-8H2,1-3H3/b18-13-. The largest absolute Gasteiger partial charge is 0.494 e. The SMILES string of the molecule is CCOc1ccc(/C=C2\C(=O)N(C3CCCC3)C(C)=C2C(=O)OC)cc1. The number of ether oxygens (including phenoxy) is 2. The highest BCUT2D eigenvalue weighted by atomic mass is 16.5. The molecule has 0 saturated heterocycles. The topological polar surface area (TPSA) is 55.8 Å². The van der Waals surface area contributed by atoms with Crippen LogP contribution in [0.3, 0.4) is 0 Å². The van der Waals surface area contributed by atoms with Crippen LogP contribution in [0.1, 0.15) is 45.1 Å². The zero-order valence-corrected chi connectivity index (χ0v) is 15.6. The van der Waals surface area contributed by atoms with E-state index in [0.717, 1.165) is 37.0 Å². The summed E-state index contributed by atoms with van der Waals surface area (Å²) in [5.74, 6) is 0.206. The van der Waals surface area contributed by atoms with Gasteiger partial charge in [-0.2, -0.15) is 0 Å². The summed E-state index contributed by atoms with van der Waals surface area (Å²) in [6, 6.07) is 7.66. The Balaban J connectivity index is 1.97. The van der Waals surface area contributed by atoms with Gasteiger partial charge in [-0.25, -0.2) is 4.79 Å². The van der Waals surface area contributed by atoms with Crippen LogP contribution in [0, 0.1) is 0 Å². The molecule has 0 aromatic heterocycles. The summed E-state index contributed by atoms with van der Waals surface area (Å²) in [4.78, 5) is 27.2. The Hall–Kier alpha value is -2.56. The van der Waals surface area contributed by atoms with Crippen molar-refractivity contribution in [1.82, 2.24) is 4.90 Å². The Morgan fingerprint density at radius 2 is 1.88 bits per heavy atom. The molecule has 1 amide bonds. The molecular weight excluding hydrogens is 330 g/mol. The maximum Gasteiger partial charge on any atom is 0.340 e. The van der Waals surface area contributed by atoms with Crippen LogP contribution >= 0.6 is 0 Å². The summed E-state index contributed by atoms with van der Waals surface area (Å²) in [5, 5.41) is 0. The molecule has 0 N–H and O–H groups in total. The Morgan fingerprint density at radius 3 is 2.46 bits per heavy atom. The predicted octanol–water partition coefficient (Wildman–Crippen LogP) is 3.70. The number of allylic oxidation sites excluding steroid dienone is 1. The number of methoxy groups -OCH3 is 1. The highest BCUT2D eigenvalue weighted by Crippen LogP contribution is 2.37. The van der Waals surface area contributed by atoms with Gasteiger partial charge in [0.15, 0.2) is 0 Å². The van der Waals surface area contributed by atoms with Crippen molar-refractivity contribution in [2.24, 2.45) is 0 Å². The van der Waals surface area contributed by atoms with E-state index in [1.165, 1.54) is 7.11 Å². The van der Waals surface area contributed by atoms with E-state index >= 15 is 0 Å². The first-order chi connectivity index (χ1) is 12.6. The van der Waals surface area contributed by atoms with Gasteiger partial charge in [0.25, 0.3) is 5.91 Å². The van der Waals surface area contributed by atoms with Crippen molar-refractivity contribution in [2.45, 2.75) is 45.6 Å². The van der Waals surface area contributed by atoms with Gasteiger partial charge in [-0.05, 0) is 50.5 Å². The van der Waals surface area contributed by atoms with Crippen LogP contribution in [-0.4, -0.2) is 36.5 Å². The van der Waals surface area contributed by atoms with Crippen molar-refractivity contribution in [3.63, 3.8) is 0 Å². The van der Waals surface area contributed by atoms with Gasteiger partial charge in [-0.1, -0.05) is 25.0 Å². The maximum absolute atomic E-state index is 13.1. The molecule has 0 spiro atoms. The van der Waals surface area contributed by atoms with Crippen LogP contribution in [0.2, 0.25) is 0 Å². The normalized spacial score (nSPS) is 19.6. The quantitative estimate of drug-likeness (QED) is 0.597. The second kappa shape index (κ2) is 7.77. The van der Waals surface area contributed by atoms with E-state index < -0.39 is 5.97 Å². The van der Waals surface area contributed by atoms with Crippen molar-refractivity contribution < 1.29 is 19.1 Å². The summed E-state index contributed by atoms with van der Waals surface area (Å²) in [6.07, 6.45) is 5.96. The molecule has 0 unspecified atom stereocenters. The van der Waals surface area contributed by atoms with Crippen molar-refractivity contribution in [2.75, 3.05) is 13.7 Å². The fourth-order valence-electron chi connectivity index (χ4n) is 3.79. The second-order valence-electron chi connectivity index (χ2n) is 6.63. The molecule has 1 saturated carbocycles. The van der Waals surface area contributed by atoms with Crippen LogP contribution in [-0.2, 0) is 14.3 Å². The van der Waals surface area contributed by atoms with Gasteiger partial charge in [-0.15, -0.1) is 0 Å². The number of nitrogens with zero attached hydrogens (tertiary/aromatic N) is 1. The first kappa shape index (κ1) is 18.2. The molecule has 0 atom stereocenters. The van der Waals surface area contributed by atoms with E-state index in [0.29, 0.717) is 23.5 Å². The second-order valence-corrected chi connectivity index (χ2v) is 6.63. The third kappa shape index (κ3) is 3.39. The summed E-state index contributed by atoms with van der Waals surface area (Å²) in [6.45, 7) is 4.37. The fourth-order valence-corrected chi connectivity index (χ4v) is 3.79. The molecule has 5 heteroatoms. The van der Waals surface area contributed by atoms with Crippen molar-refractivity contribution in [3.05, 3.63) is 46.7 Å². The molecule has 1 fully saturated rings. The molecule has 2 aliphatic rings. The first-order valence-corrected chi connectivity index (χ1v) is 9.14. The van der Waals surface area contributed by atoms with E-state index in [9.17, 15) is 9.59 Å². The van der Waals surface area contributed by atoms with Gasteiger partial charge in [0, 0.05) is 11.7 Å². The number of benzene rings is 1. The number of amides is 1. The molecule has 0 radical (unpaired) electrons. The van der Waals surface area contributed by atoms with Crippen molar-refractivity contribution >= 4 is 18.0 Å². The minimum absolute atomic E-state index is 0.108. The third-order valence-corrected chi connectivity index (χ3v) is 5.02. The zero-order valence-electron chi connectivity index (χ0n) is 15.6. The molecule has 26 heavy (non-hydrogen) atoms. The number of hydrogen-bond acceptors (Lipinski definition) is 4. The van der Waals surface area contributed by atoms with Gasteiger partial charge in [-0.3, -0.25) is 4.79 Å². The number of hydrogen-bond donors (Lipinski definition) is 0. The maximum atomic E-state index is 13.1. The molecule has 138 valence electrons. The Kier molecular flexibility index (Phi) is 5.45. The summed E-state index contributed by atoms with van der Waals surface area (Å²) in [5.41, 5.74) is 2.33. The highest BCUT2D eigenvalue weighted by Gasteiger charge is 2.40. The first-order valence-electron chi connectivity index (χ1n) is 9.14. The van der Waals surface area contributed by atoms with E-state index in [2.05, 4.69) is 0 Å². The predicted molar refractivity (Wildman–Crippen MR) is 99.4 cm³/mol. The lowest BCUT2D eigenvalue weighted by molar-refractivity contribution is -0.136. The summed E-state index contributed by atoms with van der Waals surface area (Å²) >= 11 is 0. The lowest BCUT2D eigenvalue weighted by Crippen LogP contribution is -2.34. The van der Waals surface area contributed by atoms with Crippen molar-refractivity contribution in [1.29, 1.82) is 0 Å². The molecule has 1 aliphatic heterocycles. The van der Waals surface area contributed by atoms with Gasteiger partial charge < -0.3 is 14.4 Å². The lowest BCUT2D eigenvalue weighted by atomic mass is 10.0. The molecule has 1 aliphatic carbocycles. The molecule has 1 aromatic rings. The van der Waals surface area contributed by atoms with Crippen LogP contribution in [0.25, 0.3) is 6.08 Å². The van der Waals surface area contributed by atoms with E-state index in [1.807, 2.05) is 38.1 Å². The molecular formula is C21H25NO4. The summed E-state index contributed by atoms with van der Waals surface area (Å²) < 4.78 is 10.4. The van der Waals surface area contributed by atoms with Crippen molar-refractivity contribution in [3.8, 4) is 5.75 Å². The monoisotopic (exact) mass is 355 g/mol. The third-order valence-electron chi connectivity index (χ3n) is 5.02. The minimum Gasteiger partial charge on any atom is -0.494 e. The van der Waals surface area contributed by atoms with Crippen LogP contribution < -0.4 is 4.74 Å². The Labute approximate surface area is 154 Å². The van der Waals surface area contributed by atoms with Crippen LogP contribution in [0.15, 0.2) is 41.1 Å². The Morgan fingerprint density at radius 1 is 1.23 bits per heavy atom. The number of rotatable bonds is 5. The average Bonchev–Trinajstić information content (AvgIpc) is 3.24. The molecule has 5 nitrogen and oxygen atoms in total. The number of esters is 1. The van der Waals surface area contributed by atoms with Gasteiger partial charge in [0.05, 0.1) is 24.9 Å². The van der Waals surface area contributed by atoms with Crippen LogP contribution in [0.4, 0.5) is 0 Å². The average molecular weight is 355 g/mol. The molecule has 1 heterocycles. The minimum atomic E-state index is -0.464. The Bertz CT molecular complexity index is 755. The van der Waals surface area contributed by atoms with E-state index in [4.69, 9.17) is 9.47 Å². The van der Waals surface area contributed by atoms with Gasteiger partial charge >= 0.3 is 5.97 Å². The smallest absolute Gasteiger partial charge is 0.340 e. The van der Waals surface area contributed by atoms with Gasteiger partial charge in [0.2, 0.25) is 0 Å². The molecule has 0 bridgehead atoms. The van der Waals surface area contributed by atoms with Crippen LogP contribution in [0.5, 0.6) is 5.75 Å². The molecule has 3 rings (SSSR count). The van der Waals surface area contributed by atoms with E-state index in [-0.39, 0.29) is 11.9 Å². The highest BCUT2D eigenvalue weighted by molar-refractivity contribution is 6.16. The lowest BCUT2D eigenvalue weighted by Gasteiger charge is -2.25.